The minimum absolute atomic E-state index is 0.0844. The number of pyridine rings is 1. The number of amides is 1. The summed E-state index contributed by atoms with van der Waals surface area (Å²) < 4.78 is 81.4. The molecule has 3 aromatic rings. The van der Waals surface area contributed by atoms with Crippen LogP contribution in [0.15, 0.2) is 48.8 Å². The van der Waals surface area contributed by atoms with E-state index in [9.17, 15) is 31.1 Å². The van der Waals surface area contributed by atoms with Crippen LogP contribution in [0.5, 0.6) is 5.75 Å². The summed E-state index contributed by atoms with van der Waals surface area (Å²) in [5.41, 5.74) is -0.206. The lowest BCUT2D eigenvalue weighted by Crippen LogP contribution is -2.19. The van der Waals surface area contributed by atoms with Crippen LogP contribution in [0.1, 0.15) is 41.4 Å². The van der Waals surface area contributed by atoms with Crippen molar-refractivity contribution >= 4 is 11.6 Å². The molecule has 12 heteroatoms. The second-order valence-electron chi connectivity index (χ2n) is 7.30. The molecule has 1 aromatic carbocycles. The highest BCUT2D eigenvalue weighted by Gasteiger charge is 2.31. The summed E-state index contributed by atoms with van der Waals surface area (Å²) in [5, 5.41) is 6.66. The van der Waals surface area contributed by atoms with Crippen molar-refractivity contribution < 1.29 is 35.9 Å². The first-order valence-corrected chi connectivity index (χ1v) is 9.57. The number of ether oxygens (including phenoxy) is 1. The zero-order chi connectivity index (χ0) is 24.4. The van der Waals surface area contributed by atoms with Crippen molar-refractivity contribution in [1.82, 2.24) is 14.8 Å². The minimum atomic E-state index is -4.54. The lowest BCUT2D eigenvalue weighted by Gasteiger charge is -2.14. The van der Waals surface area contributed by atoms with Crippen LogP contribution in [0.25, 0.3) is 5.82 Å². The third-order valence-electron chi connectivity index (χ3n) is 4.38. The Balaban J connectivity index is 1.84. The Kier molecular flexibility index (Phi) is 6.65. The van der Waals surface area contributed by atoms with Crippen LogP contribution >= 0.6 is 0 Å². The number of carbonyl (C=O) groups is 1. The van der Waals surface area contributed by atoms with E-state index in [1.54, 1.807) is 13.8 Å². The predicted octanol–water partition coefficient (Wildman–Crippen LogP) is 5.60. The summed E-state index contributed by atoms with van der Waals surface area (Å²) in [7, 11) is 0. The molecule has 3 rings (SSSR count). The average molecular weight is 472 g/mol. The molecule has 0 aliphatic heterocycles. The topological polar surface area (TPSA) is 69.0 Å². The SMILES string of the molecule is CC(C)c1c(C(=O)Nc2cccc(OCC(F)(F)F)c2)cnn1-c1ccc(C(F)(F)F)cn1. The average Bonchev–Trinajstić information content (AvgIpc) is 3.17. The number of benzene rings is 1. The highest BCUT2D eigenvalue weighted by Crippen LogP contribution is 2.30. The fourth-order valence-electron chi connectivity index (χ4n) is 2.98. The van der Waals surface area contributed by atoms with Crippen LogP contribution in [0.3, 0.4) is 0 Å². The highest BCUT2D eigenvalue weighted by molar-refractivity contribution is 6.05. The van der Waals surface area contributed by atoms with Gasteiger partial charge in [-0.3, -0.25) is 4.79 Å². The highest BCUT2D eigenvalue weighted by atomic mass is 19.4. The van der Waals surface area contributed by atoms with Gasteiger partial charge in [-0.25, -0.2) is 9.67 Å². The lowest BCUT2D eigenvalue weighted by atomic mass is 10.1. The summed E-state index contributed by atoms with van der Waals surface area (Å²) in [6, 6.07) is 7.44. The van der Waals surface area contributed by atoms with Crippen molar-refractivity contribution in [2.24, 2.45) is 0 Å². The van der Waals surface area contributed by atoms with Crippen LogP contribution in [0.2, 0.25) is 0 Å². The van der Waals surface area contributed by atoms with Gasteiger partial charge in [0.1, 0.15) is 5.75 Å². The van der Waals surface area contributed by atoms with Gasteiger partial charge in [-0.1, -0.05) is 19.9 Å². The Hall–Kier alpha value is -3.57. The Labute approximate surface area is 184 Å². The monoisotopic (exact) mass is 472 g/mol. The van der Waals surface area contributed by atoms with Crippen molar-refractivity contribution in [3.63, 3.8) is 0 Å². The molecule has 33 heavy (non-hydrogen) atoms. The zero-order valence-corrected chi connectivity index (χ0v) is 17.3. The van der Waals surface area contributed by atoms with Crippen LogP contribution in [-0.2, 0) is 6.18 Å². The van der Waals surface area contributed by atoms with Gasteiger partial charge in [0.25, 0.3) is 5.91 Å². The molecule has 0 radical (unpaired) electrons. The molecule has 0 spiro atoms. The first kappa shape index (κ1) is 24.1. The first-order chi connectivity index (χ1) is 15.3. The third kappa shape index (κ3) is 6.02. The number of hydrogen-bond donors (Lipinski definition) is 1. The van der Waals surface area contributed by atoms with Crippen LogP contribution in [0, 0.1) is 0 Å². The third-order valence-corrected chi connectivity index (χ3v) is 4.38. The molecule has 0 saturated carbocycles. The van der Waals surface area contributed by atoms with E-state index in [1.807, 2.05) is 0 Å². The molecule has 2 heterocycles. The molecule has 0 aliphatic carbocycles. The number of nitrogens with one attached hydrogen (secondary N) is 1. The van der Waals surface area contributed by atoms with E-state index in [2.05, 4.69) is 20.1 Å². The van der Waals surface area contributed by atoms with Gasteiger partial charge in [-0.05, 0) is 30.2 Å². The number of alkyl halides is 6. The van der Waals surface area contributed by atoms with Crippen molar-refractivity contribution in [1.29, 1.82) is 0 Å². The zero-order valence-electron chi connectivity index (χ0n) is 17.3. The molecule has 0 fully saturated rings. The van der Waals surface area contributed by atoms with Gasteiger partial charge >= 0.3 is 12.4 Å². The van der Waals surface area contributed by atoms with Gasteiger partial charge in [0.15, 0.2) is 12.4 Å². The molecule has 0 atom stereocenters. The molecular formula is C21H18F6N4O2. The van der Waals surface area contributed by atoms with Crippen molar-refractivity contribution in [2.75, 3.05) is 11.9 Å². The molecular weight excluding hydrogens is 454 g/mol. The van der Waals surface area contributed by atoms with E-state index in [0.29, 0.717) is 11.9 Å². The molecule has 0 saturated heterocycles. The summed E-state index contributed by atoms with van der Waals surface area (Å²) in [6.07, 6.45) is -7.13. The molecule has 2 aromatic heterocycles. The predicted molar refractivity (Wildman–Crippen MR) is 106 cm³/mol. The molecule has 0 unspecified atom stereocenters. The van der Waals surface area contributed by atoms with E-state index in [4.69, 9.17) is 0 Å². The van der Waals surface area contributed by atoms with Gasteiger partial charge in [0.2, 0.25) is 0 Å². The number of nitrogens with zero attached hydrogens (tertiary/aromatic N) is 3. The molecule has 1 amide bonds. The molecule has 1 N–H and O–H groups in total. The molecule has 0 aliphatic rings. The number of carbonyl (C=O) groups excluding carboxylic acids is 1. The molecule has 0 bridgehead atoms. The molecule has 176 valence electrons. The Morgan fingerprint density at radius 1 is 1.09 bits per heavy atom. The standard InChI is InChI=1S/C21H18F6N4O2/c1-12(2)18-16(10-29-31(18)17-7-6-13(9-28-17)21(25,26)27)19(32)30-14-4-3-5-15(8-14)33-11-20(22,23)24/h3-10,12H,11H2,1-2H3,(H,30,32). The van der Waals surface area contributed by atoms with Gasteiger partial charge < -0.3 is 10.1 Å². The number of anilines is 1. The quantitative estimate of drug-likeness (QED) is 0.474. The number of halogens is 6. The second kappa shape index (κ2) is 9.12. The van der Waals surface area contributed by atoms with Crippen LogP contribution < -0.4 is 10.1 Å². The number of aromatic nitrogens is 3. The van der Waals surface area contributed by atoms with Crippen LogP contribution in [-0.4, -0.2) is 33.5 Å². The van der Waals surface area contributed by atoms with Crippen LogP contribution in [0.4, 0.5) is 32.0 Å². The van der Waals surface area contributed by atoms with Gasteiger partial charge in [0.05, 0.1) is 23.0 Å². The van der Waals surface area contributed by atoms with Gasteiger partial charge in [-0.15, -0.1) is 0 Å². The molecule has 6 nitrogen and oxygen atoms in total. The van der Waals surface area contributed by atoms with Gasteiger partial charge in [0, 0.05) is 18.0 Å². The fraction of sp³-hybridized carbons (Fsp3) is 0.286. The number of rotatable bonds is 6. The van der Waals surface area contributed by atoms with Crippen molar-refractivity contribution in [3.05, 3.63) is 65.6 Å². The Bertz CT molecular complexity index is 1120. The maximum Gasteiger partial charge on any atom is 0.422 e. The largest absolute Gasteiger partial charge is 0.484 e. The Morgan fingerprint density at radius 3 is 2.39 bits per heavy atom. The smallest absolute Gasteiger partial charge is 0.422 e. The van der Waals surface area contributed by atoms with E-state index in [-0.39, 0.29) is 28.7 Å². The summed E-state index contributed by atoms with van der Waals surface area (Å²) in [4.78, 5) is 16.7. The second-order valence-corrected chi connectivity index (χ2v) is 7.30. The van der Waals surface area contributed by atoms with E-state index < -0.39 is 30.4 Å². The summed E-state index contributed by atoms with van der Waals surface area (Å²) in [6.45, 7) is 2.05. The number of hydrogen-bond acceptors (Lipinski definition) is 4. The van der Waals surface area contributed by atoms with E-state index in [1.165, 1.54) is 35.1 Å². The van der Waals surface area contributed by atoms with Gasteiger partial charge in [-0.2, -0.15) is 31.4 Å². The summed E-state index contributed by atoms with van der Waals surface area (Å²) >= 11 is 0. The Morgan fingerprint density at radius 2 is 1.82 bits per heavy atom. The first-order valence-electron chi connectivity index (χ1n) is 9.57. The maximum absolute atomic E-state index is 12.8. The van der Waals surface area contributed by atoms with Crippen molar-refractivity contribution in [3.8, 4) is 11.6 Å². The normalized spacial score (nSPS) is 12.2. The van der Waals surface area contributed by atoms with E-state index >= 15 is 0 Å². The lowest BCUT2D eigenvalue weighted by molar-refractivity contribution is -0.153. The summed E-state index contributed by atoms with van der Waals surface area (Å²) in [5.74, 6) is -0.865. The fourth-order valence-corrected chi connectivity index (χ4v) is 2.98. The maximum atomic E-state index is 12.8. The van der Waals surface area contributed by atoms with E-state index in [0.717, 1.165) is 12.1 Å². The minimum Gasteiger partial charge on any atom is -0.484 e. The van der Waals surface area contributed by atoms with Crippen molar-refractivity contribution in [2.45, 2.75) is 32.1 Å².